The molecular formula is C30H30N4O4. The molecular weight excluding hydrogens is 480 g/mol. The van der Waals surface area contributed by atoms with Crippen LogP contribution < -0.4 is 0 Å². The van der Waals surface area contributed by atoms with Gasteiger partial charge in [0.05, 0.1) is 29.1 Å². The maximum Gasteiger partial charge on any atom is 0.393 e. The number of benzene rings is 3. The summed E-state index contributed by atoms with van der Waals surface area (Å²) in [5.41, 5.74) is 2.75. The molecule has 0 bridgehead atoms. The van der Waals surface area contributed by atoms with Crippen LogP contribution >= 0.6 is 0 Å². The van der Waals surface area contributed by atoms with E-state index < -0.39 is 22.5 Å². The first-order valence-electron chi connectivity index (χ1n) is 12.4. The lowest BCUT2D eigenvalue weighted by Crippen LogP contribution is -2.33. The molecule has 0 amide bonds. The molecule has 1 aromatic heterocycles. The number of carbonyl (C=O) groups excluding carboxylic acids is 1. The van der Waals surface area contributed by atoms with Crippen LogP contribution in [0.2, 0.25) is 0 Å². The number of nitro groups is 1. The summed E-state index contributed by atoms with van der Waals surface area (Å²) in [7, 11) is 0. The largest absolute Gasteiger partial charge is 0.458 e. The number of nitrogens with zero attached hydrogens (tertiary/aromatic N) is 4. The maximum absolute atomic E-state index is 13.4. The summed E-state index contributed by atoms with van der Waals surface area (Å²) < 4.78 is 7.23. The Kier molecular flexibility index (Phi) is 8.11. The van der Waals surface area contributed by atoms with Crippen molar-refractivity contribution in [2.75, 3.05) is 0 Å². The summed E-state index contributed by atoms with van der Waals surface area (Å²) in [6.07, 6.45) is 1.58. The Morgan fingerprint density at radius 3 is 1.97 bits per heavy atom. The fourth-order valence-electron chi connectivity index (χ4n) is 4.03. The van der Waals surface area contributed by atoms with Crippen LogP contribution in [0.3, 0.4) is 0 Å². The third kappa shape index (κ3) is 7.00. The fourth-order valence-corrected chi connectivity index (χ4v) is 4.03. The van der Waals surface area contributed by atoms with Crippen molar-refractivity contribution in [1.29, 1.82) is 0 Å². The molecule has 0 radical (unpaired) electrons. The molecule has 0 aliphatic rings. The molecule has 0 saturated heterocycles. The molecule has 8 nitrogen and oxygen atoms in total. The predicted octanol–water partition coefficient (Wildman–Crippen LogP) is 5.63. The molecule has 0 N–H and O–H groups in total. The minimum atomic E-state index is -1.03. The molecule has 38 heavy (non-hydrogen) atoms. The zero-order valence-corrected chi connectivity index (χ0v) is 21.7. The van der Waals surface area contributed by atoms with E-state index in [1.54, 1.807) is 27.0 Å². The fraction of sp³-hybridized carbons (Fsp3) is 0.233. The molecule has 8 heteroatoms. The van der Waals surface area contributed by atoms with Gasteiger partial charge >= 0.3 is 11.8 Å². The summed E-state index contributed by atoms with van der Waals surface area (Å²) in [4.78, 5) is 29.7. The lowest BCUT2D eigenvalue weighted by molar-refractivity contribution is -0.390. The third-order valence-corrected chi connectivity index (χ3v) is 5.65. The topological polar surface area (TPSA) is 99.6 Å². The van der Waals surface area contributed by atoms with Gasteiger partial charge in [0.1, 0.15) is 5.60 Å². The van der Waals surface area contributed by atoms with Crippen LogP contribution in [0.5, 0.6) is 0 Å². The van der Waals surface area contributed by atoms with Gasteiger partial charge in [-0.05, 0) is 31.3 Å². The summed E-state index contributed by atoms with van der Waals surface area (Å²) in [6, 6.07) is 27.6. The van der Waals surface area contributed by atoms with Crippen LogP contribution in [0.15, 0.2) is 102 Å². The molecule has 1 unspecified atom stereocenters. The van der Waals surface area contributed by atoms with E-state index >= 15 is 0 Å². The Morgan fingerprint density at radius 1 is 0.947 bits per heavy atom. The van der Waals surface area contributed by atoms with E-state index in [0.29, 0.717) is 17.8 Å². The van der Waals surface area contributed by atoms with Crippen LogP contribution in [0.4, 0.5) is 5.82 Å². The minimum Gasteiger partial charge on any atom is -0.458 e. The quantitative estimate of drug-likeness (QED) is 0.126. The molecule has 1 heterocycles. The van der Waals surface area contributed by atoms with Crippen molar-refractivity contribution in [3.63, 3.8) is 0 Å². The smallest absolute Gasteiger partial charge is 0.393 e. The second-order valence-corrected chi connectivity index (χ2v) is 9.88. The molecule has 0 aliphatic carbocycles. The maximum atomic E-state index is 13.4. The van der Waals surface area contributed by atoms with Crippen LogP contribution in [0.1, 0.15) is 43.0 Å². The van der Waals surface area contributed by atoms with Crippen molar-refractivity contribution >= 4 is 17.5 Å². The van der Waals surface area contributed by atoms with Gasteiger partial charge in [-0.1, -0.05) is 91.0 Å². The number of aliphatic imine (C=N–C) groups is 1. The number of aromatic nitrogens is 2. The van der Waals surface area contributed by atoms with Crippen molar-refractivity contribution in [3.8, 4) is 0 Å². The Balaban J connectivity index is 1.77. The first kappa shape index (κ1) is 26.5. The van der Waals surface area contributed by atoms with Gasteiger partial charge in [-0.2, -0.15) is 4.68 Å². The molecule has 4 rings (SSSR count). The number of hydrogen-bond acceptors (Lipinski definition) is 6. The summed E-state index contributed by atoms with van der Waals surface area (Å²) in [5, 5.41) is 16.1. The summed E-state index contributed by atoms with van der Waals surface area (Å²) in [5.74, 6) is -0.863. The molecule has 0 spiro atoms. The lowest BCUT2D eigenvalue weighted by atomic mass is 10.0. The third-order valence-electron chi connectivity index (χ3n) is 5.65. The molecule has 3 aromatic carbocycles. The number of esters is 1. The van der Waals surface area contributed by atoms with Crippen molar-refractivity contribution in [3.05, 3.63) is 130 Å². The highest BCUT2D eigenvalue weighted by molar-refractivity contribution is 6.13. The second-order valence-electron chi connectivity index (χ2n) is 9.88. The van der Waals surface area contributed by atoms with E-state index in [2.05, 4.69) is 5.10 Å². The van der Waals surface area contributed by atoms with Gasteiger partial charge in [0.25, 0.3) is 0 Å². The highest BCUT2D eigenvalue weighted by Crippen LogP contribution is 2.23. The Labute approximate surface area is 221 Å². The number of ether oxygens (including phenoxy) is 1. The van der Waals surface area contributed by atoms with Crippen molar-refractivity contribution in [2.24, 2.45) is 4.99 Å². The van der Waals surface area contributed by atoms with E-state index in [4.69, 9.17) is 9.73 Å². The zero-order chi connectivity index (χ0) is 27.1. The number of hydrogen-bond donors (Lipinski definition) is 0. The average molecular weight is 511 g/mol. The average Bonchev–Trinajstić information content (AvgIpc) is 3.29. The van der Waals surface area contributed by atoms with E-state index in [9.17, 15) is 14.9 Å². The Bertz CT molecular complexity index is 1370. The summed E-state index contributed by atoms with van der Waals surface area (Å²) in [6.45, 7) is 5.70. The van der Waals surface area contributed by atoms with Gasteiger partial charge in [0, 0.05) is 17.5 Å². The molecule has 194 valence electrons. The van der Waals surface area contributed by atoms with Crippen molar-refractivity contribution in [2.45, 2.75) is 45.4 Å². The standard InChI is InChI=1S/C30H30N4O4/c1-30(2,3)38-29(35)26(31-27(23-15-9-5-10-16-23)24-17-11-6-12-18-24)19-25-21-33(32-28(25)34(36)37)20-22-13-7-4-8-14-22/h4-18,21,26H,19-20H2,1-3H3. The SMILES string of the molecule is CC(C)(C)OC(=O)C(Cc1cn(Cc2ccccc2)nc1[N+](=O)[O-])N=C(c1ccccc1)c1ccccc1. The number of carbonyl (C=O) groups is 1. The molecule has 0 saturated carbocycles. The van der Waals surface area contributed by atoms with Crippen molar-refractivity contribution < 1.29 is 14.5 Å². The lowest BCUT2D eigenvalue weighted by Gasteiger charge is -2.23. The van der Waals surface area contributed by atoms with E-state index in [1.165, 1.54) is 4.68 Å². The molecule has 4 aromatic rings. The zero-order valence-electron chi connectivity index (χ0n) is 21.7. The Morgan fingerprint density at radius 2 is 1.47 bits per heavy atom. The van der Waals surface area contributed by atoms with E-state index in [-0.39, 0.29) is 12.2 Å². The highest BCUT2D eigenvalue weighted by Gasteiger charge is 2.31. The normalized spacial score (nSPS) is 12.0. The second kappa shape index (κ2) is 11.6. The van der Waals surface area contributed by atoms with E-state index in [0.717, 1.165) is 16.7 Å². The number of rotatable bonds is 9. The predicted molar refractivity (Wildman–Crippen MR) is 146 cm³/mol. The van der Waals surface area contributed by atoms with Crippen LogP contribution in [-0.4, -0.2) is 38.0 Å². The summed E-state index contributed by atoms with van der Waals surface area (Å²) >= 11 is 0. The highest BCUT2D eigenvalue weighted by atomic mass is 16.6. The van der Waals surface area contributed by atoms with Crippen LogP contribution in [0, 0.1) is 10.1 Å². The van der Waals surface area contributed by atoms with Gasteiger partial charge in [-0.15, -0.1) is 0 Å². The van der Waals surface area contributed by atoms with Gasteiger partial charge in [0.15, 0.2) is 6.04 Å². The molecule has 0 aliphatic heterocycles. The van der Waals surface area contributed by atoms with E-state index in [1.807, 2.05) is 91.0 Å². The van der Waals surface area contributed by atoms with Crippen molar-refractivity contribution in [1.82, 2.24) is 9.78 Å². The van der Waals surface area contributed by atoms with Gasteiger partial charge < -0.3 is 14.9 Å². The molecule has 1 atom stereocenters. The van der Waals surface area contributed by atoms with Gasteiger partial charge in [-0.25, -0.2) is 4.79 Å². The molecule has 0 fully saturated rings. The minimum absolute atomic E-state index is 0.0385. The van der Waals surface area contributed by atoms with Crippen LogP contribution in [-0.2, 0) is 22.5 Å². The van der Waals surface area contributed by atoms with Gasteiger partial charge in [-0.3, -0.25) is 4.99 Å². The first-order valence-corrected chi connectivity index (χ1v) is 12.4. The Hall–Kier alpha value is -4.59. The van der Waals surface area contributed by atoms with Crippen LogP contribution in [0.25, 0.3) is 0 Å². The van der Waals surface area contributed by atoms with Gasteiger partial charge in [0.2, 0.25) is 0 Å². The first-order chi connectivity index (χ1) is 18.2. The monoisotopic (exact) mass is 510 g/mol.